The van der Waals surface area contributed by atoms with Crippen molar-refractivity contribution in [2.24, 2.45) is 11.7 Å². The lowest BCUT2D eigenvalue weighted by Gasteiger charge is -2.24. The second-order valence-corrected chi connectivity index (χ2v) is 3.69. The Labute approximate surface area is 75.6 Å². The number of rotatable bonds is 6. The minimum absolute atomic E-state index is 0.0780. The molecular formula is C9H22N2O. The molecule has 0 aromatic carbocycles. The maximum absolute atomic E-state index is 8.76. The highest BCUT2D eigenvalue weighted by Crippen LogP contribution is 1.98. The van der Waals surface area contributed by atoms with Gasteiger partial charge in [-0.15, -0.1) is 0 Å². The average Bonchev–Trinajstić information content (AvgIpc) is 2.02. The Balaban J connectivity index is 3.66. The SMILES string of the molecule is CCN(CC(C)C)CC(N)CO. The van der Waals surface area contributed by atoms with Gasteiger partial charge in [0.05, 0.1) is 6.61 Å². The Morgan fingerprint density at radius 2 is 1.92 bits per heavy atom. The van der Waals surface area contributed by atoms with Crippen LogP contribution in [0.2, 0.25) is 0 Å². The summed E-state index contributed by atoms with van der Waals surface area (Å²) in [5.74, 6) is 0.663. The second-order valence-electron chi connectivity index (χ2n) is 3.69. The van der Waals surface area contributed by atoms with Crippen molar-refractivity contribution in [1.29, 1.82) is 0 Å². The van der Waals surface area contributed by atoms with E-state index in [1.54, 1.807) is 0 Å². The third-order valence-corrected chi connectivity index (χ3v) is 1.80. The first kappa shape index (κ1) is 11.9. The fourth-order valence-electron chi connectivity index (χ4n) is 1.24. The molecular weight excluding hydrogens is 152 g/mol. The van der Waals surface area contributed by atoms with Gasteiger partial charge in [-0.3, -0.25) is 0 Å². The van der Waals surface area contributed by atoms with Crippen molar-refractivity contribution in [1.82, 2.24) is 4.90 Å². The van der Waals surface area contributed by atoms with E-state index in [4.69, 9.17) is 10.8 Å². The van der Waals surface area contributed by atoms with Gasteiger partial charge in [0, 0.05) is 19.1 Å². The maximum atomic E-state index is 8.76. The molecule has 0 aliphatic heterocycles. The molecule has 0 aliphatic carbocycles. The molecule has 0 aromatic rings. The van der Waals surface area contributed by atoms with E-state index >= 15 is 0 Å². The quantitative estimate of drug-likeness (QED) is 0.608. The number of hydrogen-bond acceptors (Lipinski definition) is 3. The van der Waals surface area contributed by atoms with Gasteiger partial charge in [-0.05, 0) is 12.5 Å². The smallest absolute Gasteiger partial charge is 0.0595 e. The van der Waals surface area contributed by atoms with Crippen LogP contribution >= 0.6 is 0 Å². The highest BCUT2D eigenvalue weighted by Gasteiger charge is 2.08. The molecule has 1 atom stereocenters. The van der Waals surface area contributed by atoms with Crippen LogP contribution in [0.15, 0.2) is 0 Å². The van der Waals surface area contributed by atoms with Crippen molar-refractivity contribution in [3.63, 3.8) is 0 Å². The Morgan fingerprint density at radius 3 is 2.25 bits per heavy atom. The number of aliphatic hydroxyl groups is 1. The largest absolute Gasteiger partial charge is 0.395 e. The molecule has 0 aromatic heterocycles. The van der Waals surface area contributed by atoms with Gasteiger partial charge in [0.1, 0.15) is 0 Å². The summed E-state index contributed by atoms with van der Waals surface area (Å²) < 4.78 is 0. The molecule has 0 aliphatic rings. The van der Waals surface area contributed by atoms with Crippen LogP contribution in [0.3, 0.4) is 0 Å². The molecule has 0 radical (unpaired) electrons. The molecule has 12 heavy (non-hydrogen) atoms. The van der Waals surface area contributed by atoms with Crippen LogP contribution in [0.4, 0.5) is 0 Å². The molecule has 3 N–H and O–H groups in total. The number of nitrogens with two attached hydrogens (primary N) is 1. The van der Waals surface area contributed by atoms with E-state index in [1.807, 2.05) is 0 Å². The summed E-state index contributed by atoms with van der Waals surface area (Å²) in [6.45, 7) is 9.43. The summed E-state index contributed by atoms with van der Waals surface area (Å²) in [6.07, 6.45) is 0. The molecule has 3 heteroatoms. The zero-order chi connectivity index (χ0) is 9.56. The zero-order valence-electron chi connectivity index (χ0n) is 8.45. The Kier molecular flexibility index (Phi) is 6.34. The third kappa shape index (κ3) is 5.52. The second kappa shape index (κ2) is 6.40. The lowest BCUT2D eigenvalue weighted by Crippen LogP contribution is -2.41. The molecule has 0 fully saturated rings. The minimum atomic E-state index is -0.0938. The summed E-state index contributed by atoms with van der Waals surface area (Å²) in [5.41, 5.74) is 5.63. The Morgan fingerprint density at radius 1 is 1.33 bits per heavy atom. The van der Waals surface area contributed by atoms with E-state index < -0.39 is 0 Å². The summed E-state index contributed by atoms with van der Waals surface area (Å²) in [5, 5.41) is 8.76. The topological polar surface area (TPSA) is 49.5 Å². The number of hydrogen-bond donors (Lipinski definition) is 2. The first-order valence-corrected chi connectivity index (χ1v) is 4.68. The van der Waals surface area contributed by atoms with Crippen LogP contribution in [0.25, 0.3) is 0 Å². The molecule has 0 saturated carbocycles. The van der Waals surface area contributed by atoms with Gasteiger partial charge >= 0.3 is 0 Å². The monoisotopic (exact) mass is 174 g/mol. The van der Waals surface area contributed by atoms with E-state index in [1.165, 1.54) is 0 Å². The van der Waals surface area contributed by atoms with Gasteiger partial charge < -0.3 is 15.7 Å². The zero-order valence-corrected chi connectivity index (χ0v) is 8.45. The van der Waals surface area contributed by atoms with E-state index in [9.17, 15) is 0 Å². The Bertz CT molecular complexity index is 107. The normalized spacial score (nSPS) is 14.2. The molecule has 0 heterocycles. The van der Waals surface area contributed by atoms with Gasteiger partial charge in [0.15, 0.2) is 0 Å². The number of nitrogens with zero attached hydrogens (tertiary/aromatic N) is 1. The fraction of sp³-hybridized carbons (Fsp3) is 1.00. The highest BCUT2D eigenvalue weighted by atomic mass is 16.3. The summed E-state index contributed by atoms with van der Waals surface area (Å²) in [6, 6.07) is -0.0938. The maximum Gasteiger partial charge on any atom is 0.0595 e. The molecule has 0 saturated heterocycles. The predicted octanol–water partition coefficient (Wildman–Crippen LogP) is 0.284. The number of aliphatic hydroxyl groups excluding tert-OH is 1. The van der Waals surface area contributed by atoms with E-state index in [0.717, 1.165) is 19.6 Å². The van der Waals surface area contributed by atoms with Crippen LogP contribution < -0.4 is 5.73 Å². The first-order valence-electron chi connectivity index (χ1n) is 4.68. The van der Waals surface area contributed by atoms with Crippen molar-refractivity contribution < 1.29 is 5.11 Å². The minimum Gasteiger partial charge on any atom is -0.395 e. The molecule has 74 valence electrons. The van der Waals surface area contributed by atoms with Crippen molar-refractivity contribution in [3.05, 3.63) is 0 Å². The van der Waals surface area contributed by atoms with Gasteiger partial charge in [-0.25, -0.2) is 0 Å². The third-order valence-electron chi connectivity index (χ3n) is 1.80. The van der Waals surface area contributed by atoms with Crippen LogP contribution in [0.1, 0.15) is 20.8 Å². The molecule has 0 amide bonds. The standard InChI is InChI=1S/C9H22N2O/c1-4-11(5-8(2)3)6-9(10)7-12/h8-9,12H,4-7,10H2,1-3H3. The van der Waals surface area contributed by atoms with Crippen molar-refractivity contribution in [2.75, 3.05) is 26.2 Å². The van der Waals surface area contributed by atoms with Gasteiger partial charge in [0.25, 0.3) is 0 Å². The molecule has 0 bridgehead atoms. The summed E-state index contributed by atoms with van der Waals surface area (Å²) in [4.78, 5) is 2.27. The molecule has 1 unspecified atom stereocenters. The van der Waals surface area contributed by atoms with Crippen LogP contribution in [-0.2, 0) is 0 Å². The predicted molar refractivity (Wildman–Crippen MR) is 52.0 cm³/mol. The van der Waals surface area contributed by atoms with E-state index in [2.05, 4.69) is 25.7 Å². The van der Waals surface area contributed by atoms with E-state index in [-0.39, 0.29) is 12.6 Å². The highest BCUT2D eigenvalue weighted by molar-refractivity contribution is 4.67. The van der Waals surface area contributed by atoms with Gasteiger partial charge in [-0.2, -0.15) is 0 Å². The lowest BCUT2D eigenvalue weighted by molar-refractivity contribution is 0.194. The van der Waals surface area contributed by atoms with Gasteiger partial charge in [0.2, 0.25) is 0 Å². The van der Waals surface area contributed by atoms with Crippen molar-refractivity contribution in [3.8, 4) is 0 Å². The fourth-order valence-corrected chi connectivity index (χ4v) is 1.24. The Hall–Kier alpha value is -0.120. The van der Waals surface area contributed by atoms with E-state index in [0.29, 0.717) is 5.92 Å². The summed E-state index contributed by atoms with van der Waals surface area (Å²) in [7, 11) is 0. The van der Waals surface area contributed by atoms with Crippen LogP contribution in [0, 0.1) is 5.92 Å². The molecule has 3 nitrogen and oxygen atoms in total. The average molecular weight is 174 g/mol. The summed E-state index contributed by atoms with van der Waals surface area (Å²) >= 11 is 0. The number of likely N-dealkylation sites (N-methyl/N-ethyl adjacent to an activating group) is 1. The lowest BCUT2D eigenvalue weighted by atomic mass is 10.2. The van der Waals surface area contributed by atoms with Crippen molar-refractivity contribution >= 4 is 0 Å². The van der Waals surface area contributed by atoms with Gasteiger partial charge in [-0.1, -0.05) is 20.8 Å². The van der Waals surface area contributed by atoms with Crippen molar-refractivity contribution in [2.45, 2.75) is 26.8 Å². The first-order chi connectivity index (χ1) is 5.60. The van der Waals surface area contributed by atoms with Crippen LogP contribution in [-0.4, -0.2) is 42.3 Å². The van der Waals surface area contributed by atoms with Crippen LogP contribution in [0.5, 0.6) is 0 Å². The molecule has 0 rings (SSSR count). The molecule has 0 spiro atoms.